The Balaban J connectivity index is 1.39. The smallest absolute Gasteiger partial charge is 0.233 e. The summed E-state index contributed by atoms with van der Waals surface area (Å²) in [4.78, 5) is 55.5. The van der Waals surface area contributed by atoms with Gasteiger partial charge in [-0.3, -0.25) is 24.1 Å². The number of ether oxygens (including phenoxy) is 1. The van der Waals surface area contributed by atoms with Crippen LogP contribution in [-0.4, -0.2) is 51.6 Å². The number of nitrogens with zero attached hydrogens (tertiary/aromatic N) is 1. The monoisotopic (exact) mass is 553 g/mol. The zero-order chi connectivity index (χ0) is 29.0. The maximum absolute atomic E-state index is 13.9. The summed E-state index contributed by atoms with van der Waals surface area (Å²) in [6.45, 7) is 4.00. The van der Waals surface area contributed by atoms with Crippen LogP contribution in [0.1, 0.15) is 43.7 Å². The number of carbonyl (C=O) groups is 4. The van der Waals surface area contributed by atoms with Crippen molar-refractivity contribution in [3.05, 3.63) is 88.0 Å². The predicted molar refractivity (Wildman–Crippen MR) is 149 cm³/mol. The number of fused-ring (bicyclic) bond motifs is 3. The van der Waals surface area contributed by atoms with E-state index in [1.54, 1.807) is 50.2 Å². The third-order valence-electron chi connectivity index (χ3n) is 8.83. The molecule has 8 heteroatoms. The number of phenolic OH excluding ortho intramolecular Hbond substituents is 2. The number of allylic oxidation sites excluding steroid dienone is 6. The second kappa shape index (κ2) is 10.2. The van der Waals surface area contributed by atoms with E-state index in [4.69, 9.17) is 4.74 Å². The summed E-state index contributed by atoms with van der Waals surface area (Å²) in [5, 5.41) is 19.9. The second-order valence-corrected chi connectivity index (χ2v) is 11.1. The van der Waals surface area contributed by atoms with Crippen LogP contribution in [0.25, 0.3) is 0 Å². The van der Waals surface area contributed by atoms with E-state index in [1.165, 1.54) is 17.0 Å². The maximum atomic E-state index is 13.9. The third-order valence-corrected chi connectivity index (χ3v) is 8.83. The predicted octanol–water partition coefficient (Wildman–Crippen LogP) is 4.17. The van der Waals surface area contributed by atoms with Gasteiger partial charge in [0, 0.05) is 29.2 Å². The normalized spacial score (nSPS) is 25.5. The van der Waals surface area contributed by atoms with Crippen molar-refractivity contribution >= 4 is 23.4 Å². The minimum Gasteiger partial charge on any atom is -0.508 e. The van der Waals surface area contributed by atoms with Crippen LogP contribution < -0.4 is 4.74 Å². The van der Waals surface area contributed by atoms with Crippen LogP contribution in [0.5, 0.6) is 17.2 Å². The van der Waals surface area contributed by atoms with Crippen molar-refractivity contribution in [1.29, 1.82) is 0 Å². The molecule has 0 saturated carbocycles. The lowest BCUT2D eigenvalue weighted by Crippen LogP contribution is -2.40. The molecular formula is C33H31NO7. The number of carbonyl (C=O) groups excluding carboxylic acids is 4. The average molecular weight is 554 g/mol. The van der Waals surface area contributed by atoms with Gasteiger partial charge < -0.3 is 14.9 Å². The number of amides is 2. The third kappa shape index (κ3) is 4.38. The average Bonchev–Trinajstić information content (AvgIpc) is 3.20. The van der Waals surface area contributed by atoms with Gasteiger partial charge in [-0.1, -0.05) is 29.8 Å². The molecule has 8 nitrogen and oxygen atoms in total. The lowest BCUT2D eigenvalue weighted by molar-refractivity contribution is -0.140. The van der Waals surface area contributed by atoms with Crippen molar-refractivity contribution in [2.45, 2.75) is 39.0 Å². The Bertz CT molecular complexity index is 1580. The lowest BCUT2D eigenvalue weighted by Gasteiger charge is -2.42. The van der Waals surface area contributed by atoms with Crippen LogP contribution in [0.3, 0.4) is 0 Å². The van der Waals surface area contributed by atoms with Gasteiger partial charge in [0.2, 0.25) is 11.8 Å². The quantitative estimate of drug-likeness (QED) is 0.313. The van der Waals surface area contributed by atoms with E-state index < -0.39 is 23.7 Å². The number of Topliss-reactive ketones (excluding diaryl/α,β-unsaturated/α-hetero) is 1. The Morgan fingerprint density at radius 3 is 2.46 bits per heavy atom. The van der Waals surface area contributed by atoms with Gasteiger partial charge in [-0.05, 0) is 80.5 Å². The zero-order valence-electron chi connectivity index (χ0n) is 22.9. The summed E-state index contributed by atoms with van der Waals surface area (Å²) in [5.41, 5.74) is 3.60. The number of benzene rings is 2. The summed E-state index contributed by atoms with van der Waals surface area (Å²) < 4.78 is 5.63. The van der Waals surface area contributed by atoms with Gasteiger partial charge in [0.15, 0.2) is 23.1 Å². The van der Waals surface area contributed by atoms with Crippen molar-refractivity contribution in [1.82, 2.24) is 4.90 Å². The zero-order valence-corrected chi connectivity index (χ0v) is 22.9. The van der Waals surface area contributed by atoms with E-state index in [2.05, 4.69) is 0 Å². The molecule has 4 aliphatic rings. The van der Waals surface area contributed by atoms with Crippen LogP contribution in [0.2, 0.25) is 0 Å². The van der Waals surface area contributed by atoms with Gasteiger partial charge >= 0.3 is 0 Å². The molecule has 1 aliphatic heterocycles. The molecule has 1 fully saturated rings. The minimum absolute atomic E-state index is 0.0298. The van der Waals surface area contributed by atoms with Gasteiger partial charge in [0.25, 0.3) is 0 Å². The molecular weight excluding hydrogens is 522 g/mol. The maximum Gasteiger partial charge on any atom is 0.233 e. The first kappa shape index (κ1) is 26.7. The highest BCUT2D eigenvalue weighted by molar-refractivity contribution is 6.23. The van der Waals surface area contributed by atoms with E-state index in [0.717, 1.165) is 11.1 Å². The molecule has 0 aromatic heterocycles. The fourth-order valence-corrected chi connectivity index (χ4v) is 6.91. The minimum atomic E-state index is -0.628. The summed E-state index contributed by atoms with van der Waals surface area (Å²) in [6.07, 6.45) is 4.39. The molecule has 2 aromatic carbocycles. The number of phenols is 2. The van der Waals surface area contributed by atoms with Crippen molar-refractivity contribution in [2.75, 3.05) is 13.2 Å². The van der Waals surface area contributed by atoms with Crippen LogP contribution in [0.4, 0.5) is 0 Å². The van der Waals surface area contributed by atoms with E-state index in [0.29, 0.717) is 41.7 Å². The molecule has 4 atom stereocenters. The Kier molecular flexibility index (Phi) is 6.64. The van der Waals surface area contributed by atoms with Crippen LogP contribution in [-0.2, 0) is 25.6 Å². The van der Waals surface area contributed by atoms with Gasteiger partial charge in [-0.2, -0.15) is 0 Å². The molecule has 1 saturated heterocycles. The Hall–Kier alpha value is -4.46. The standard InChI is InChI=1S/C33H31NO7/c1-3-41-27-15-19(6-11-25(27)36)28-21-9-10-22-29(23(21)16-24-26(37)14-17(2)31(38)30(24)28)33(40)34(32(22)39)13-12-18-4-7-20(35)8-5-18/h4-9,11,14-15,22-23,28-29,35-36H,3,10,12-13,16H2,1-2H3/t22-,23+,28-,29-/m0/s1. The first-order chi connectivity index (χ1) is 19.7. The summed E-state index contributed by atoms with van der Waals surface area (Å²) in [7, 11) is 0. The van der Waals surface area contributed by atoms with Crippen molar-refractivity contribution < 1.29 is 34.1 Å². The molecule has 0 unspecified atom stereocenters. The number of hydrogen-bond donors (Lipinski definition) is 2. The fraction of sp³-hybridized carbons (Fsp3) is 0.333. The molecule has 41 heavy (non-hydrogen) atoms. The Labute approximate surface area is 237 Å². The first-order valence-corrected chi connectivity index (χ1v) is 14.0. The number of rotatable bonds is 6. The largest absolute Gasteiger partial charge is 0.508 e. The van der Waals surface area contributed by atoms with Crippen LogP contribution in [0, 0.1) is 17.8 Å². The number of hydrogen-bond acceptors (Lipinski definition) is 7. The molecule has 1 heterocycles. The van der Waals surface area contributed by atoms with Gasteiger partial charge in [0.05, 0.1) is 18.4 Å². The highest BCUT2D eigenvalue weighted by atomic mass is 16.5. The van der Waals surface area contributed by atoms with Gasteiger partial charge in [0.1, 0.15) is 5.75 Å². The second-order valence-electron chi connectivity index (χ2n) is 11.1. The molecule has 3 aliphatic carbocycles. The van der Waals surface area contributed by atoms with E-state index in [9.17, 15) is 29.4 Å². The number of aromatic hydroxyl groups is 2. The SMILES string of the molecule is CCOc1cc([C@H]2C3=CC[C@@H]4C(=O)N(CCc5ccc(O)cc5)C(=O)[C@@H]4[C@@H]3CC3=C2C(=O)C(C)=CC3=O)ccc1O. The summed E-state index contributed by atoms with van der Waals surface area (Å²) in [6, 6.07) is 11.6. The van der Waals surface area contributed by atoms with Gasteiger partial charge in [-0.15, -0.1) is 0 Å². The van der Waals surface area contributed by atoms with Crippen molar-refractivity contribution in [2.24, 2.45) is 17.8 Å². The lowest BCUT2D eigenvalue weighted by atomic mass is 9.59. The molecule has 2 aromatic rings. The molecule has 210 valence electrons. The molecule has 0 bridgehead atoms. The number of likely N-dealkylation sites (tertiary alicyclic amines) is 1. The van der Waals surface area contributed by atoms with Crippen molar-refractivity contribution in [3.8, 4) is 17.2 Å². The summed E-state index contributed by atoms with van der Waals surface area (Å²) in [5.74, 6) is -2.68. The number of imide groups is 1. The van der Waals surface area contributed by atoms with Crippen LogP contribution in [0.15, 0.2) is 76.9 Å². The highest BCUT2D eigenvalue weighted by Gasteiger charge is 2.56. The van der Waals surface area contributed by atoms with E-state index in [-0.39, 0.29) is 53.6 Å². The van der Waals surface area contributed by atoms with E-state index in [1.807, 2.05) is 6.08 Å². The Morgan fingerprint density at radius 1 is 0.976 bits per heavy atom. The molecule has 2 amide bonds. The summed E-state index contributed by atoms with van der Waals surface area (Å²) >= 11 is 0. The topological polar surface area (TPSA) is 121 Å². The van der Waals surface area contributed by atoms with Gasteiger partial charge in [-0.25, -0.2) is 0 Å². The van der Waals surface area contributed by atoms with Crippen LogP contribution >= 0.6 is 0 Å². The van der Waals surface area contributed by atoms with E-state index >= 15 is 0 Å². The first-order valence-electron chi connectivity index (χ1n) is 14.0. The number of ketones is 2. The molecule has 0 spiro atoms. The highest BCUT2D eigenvalue weighted by Crippen LogP contribution is 2.55. The van der Waals surface area contributed by atoms with Crippen molar-refractivity contribution in [3.63, 3.8) is 0 Å². The molecule has 2 N–H and O–H groups in total. The Morgan fingerprint density at radius 2 is 1.73 bits per heavy atom. The fourth-order valence-electron chi connectivity index (χ4n) is 6.91. The molecule has 0 radical (unpaired) electrons. The molecule has 6 rings (SSSR count).